The second kappa shape index (κ2) is 6.81. The summed E-state index contributed by atoms with van der Waals surface area (Å²) in [7, 11) is 0. The van der Waals surface area contributed by atoms with Crippen molar-refractivity contribution in [1.29, 1.82) is 0 Å². The zero-order chi connectivity index (χ0) is 12.7. The summed E-state index contributed by atoms with van der Waals surface area (Å²) in [4.78, 5) is 15.8. The van der Waals surface area contributed by atoms with Crippen LogP contribution in [0.4, 0.5) is 0 Å². The van der Waals surface area contributed by atoms with Crippen molar-refractivity contribution >= 4 is 5.91 Å². The Labute approximate surface area is 102 Å². The number of pyridine rings is 1. The van der Waals surface area contributed by atoms with E-state index in [0.717, 1.165) is 11.3 Å². The van der Waals surface area contributed by atoms with Crippen molar-refractivity contribution in [3.63, 3.8) is 0 Å². The van der Waals surface area contributed by atoms with E-state index < -0.39 is 0 Å². The topological polar surface area (TPSA) is 54.0 Å². The third kappa shape index (κ3) is 4.36. The quantitative estimate of drug-likeness (QED) is 0.725. The third-order valence-electron chi connectivity index (χ3n) is 2.51. The molecule has 4 nitrogen and oxygen atoms in total. The monoisotopic (exact) mass is 233 g/mol. The number of nitrogens with one attached hydrogen (secondary N) is 2. The minimum Gasteiger partial charge on any atom is -0.351 e. The molecule has 0 spiro atoms. The number of carbonyl (C=O) groups is 1. The van der Waals surface area contributed by atoms with Gasteiger partial charge in [-0.25, -0.2) is 0 Å². The molecule has 1 heterocycles. The second-order valence-corrected chi connectivity index (χ2v) is 3.90. The summed E-state index contributed by atoms with van der Waals surface area (Å²) in [6.45, 7) is 8.47. The van der Waals surface area contributed by atoms with Crippen LogP contribution in [0.5, 0.6) is 0 Å². The maximum Gasteiger partial charge on any atom is 0.237 e. The lowest BCUT2D eigenvalue weighted by Crippen LogP contribution is -2.42. The fourth-order valence-electron chi connectivity index (χ4n) is 1.37. The van der Waals surface area contributed by atoms with E-state index in [-0.39, 0.29) is 11.9 Å². The Kier molecular flexibility index (Phi) is 5.36. The largest absolute Gasteiger partial charge is 0.351 e. The normalized spacial score (nSPS) is 11.9. The Bertz CT molecular complexity index is 390. The average molecular weight is 233 g/mol. The van der Waals surface area contributed by atoms with Gasteiger partial charge in [-0.05, 0) is 25.5 Å². The maximum absolute atomic E-state index is 11.6. The van der Waals surface area contributed by atoms with Crippen molar-refractivity contribution in [2.24, 2.45) is 0 Å². The van der Waals surface area contributed by atoms with E-state index >= 15 is 0 Å². The lowest BCUT2D eigenvalue weighted by Gasteiger charge is -2.13. The summed E-state index contributed by atoms with van der Waals surface area (Å²) < 4.78 is 0. The van der Waals surface area contributed by atoms with Crippen LogP contribution in [0, 0.1) is 6.92 Å². The predicted octanol–water partition coefficient (Wildman–Crippen LogP) is 1.17. The molecule has 0 fully saturated rings. The van der Waals surface area contributed by atoms with Crippen molar-refractivity contribution < 1.29 is 4.79 Å². The number of nitrogens with zero attached hydrogens (tertiary/aromatic N) is 1. The minimum absolute atomic E-state index is 0.0292. The van der Waals surface area contributed by atoms with E-state index in [1.165, 1.54) is 0 Å². The molecule has 1 rings (SSSR count). The highest BCUT2D eigenvalue weighted by atomic mass is 16.2. The number of carbonyl (C=O) groups excluding carboxylic acids is 1. The summed E-state index contributed by atoms with van der Waals surface area (Å²) in [6, 6.07) is 3.67. The molecule has 0 radical (unpaired) electrons. The number of aryl methyl sites for hydroxylation is 1. The SMILES string of the molecule is C=CCNC(=O)C(C)NCc1ncccc1C. The highest BCUT2D eigenvalue weighted by Crippen LogP contribution is 2.02. The van der Waals surface area contributed by atoms with Crippen molar-refractivity contribution in [2.75, 3.05) is 6.54 Å². The Morgan fingerprint density at radius 1 is 1.65 bits per heavy atom. The molecule has 1 atom stereocenters. The van der Waals surface area contributed by atoms with Crippen LogP contribution < -0.4 is 10.6 Å². The molecule has 2 N–H and O–H groups in total. The molecule has 17 heavy (non-hydrogen) atoms. The van der Waals surface area contributed by atoms with E-state index in [2.05, 4.69) is 22.2 Å². The molecule has 1 aromatic rings. The van der Waals surface area contributed by atoms with Gasteiger partial charge in [0.25, 0.3) is 0 Å². The Balaban J connectivity index is 2.42. The minimum atomic E-state index is -0.239. The van der Waals surface area contributed by atoms with Crippen LogP contribution in [0.1, 0.15) is 18.2 Å². The zero-order valence-corrected chi connectivity index (χ0v) is 10.4. The molecular weight excluding hydrogens is 214 g/mol. The molecule has 1 amide bonds. The van der Waals surface area contributed by atoms with Crippen LogP contribution in [0.25, 0.3) is 0 Å². The van der Waals surface area contributed by atoms with Crippen molar-refractivity contribution in [1.82, 2.24) is 15.6 Å². The van der Waals surface area contributed by atoms with E-state index in [0.29, 0.717) is 13.1 Å². The van der Waals surface area contributed by atoms with E-state index in [1.54, 1.807) is 12.3 Å². The van der Waals surface area contributed by atoms with Gasteiger partial charge in [0.1, 0.15) is 0 Å². The van der Waals surface area contributed by atoms with E-state index in [9.17, 15) is 4.79 Å². The highest BCUT2D eigenvalue weighted by molar-refractivity contribution is 5.81. The first-order valence-corrected chi connectivity index (χ1v) is 5.67. The fraction of sp³-hybridized carbons (Fsp3) is 0.385. The Morgan fingerprint density at radius 2 is 2.41 bits per heavy atom. The first-order valence-electron chi connectivity index (χ1n) is 5.67. The third-order valence-corrected chi connectivity index (χ3v) is 2.51. The van der Waals surface area contributed by atoms with Crippen LogP contribution >= 0.6 is 0 Å². The van der Waals surface area contributed by atoms with Crippen molar-refractivity contribution in [3.8, 4) is 0 Å². The molecule has 0 saturated carbocycles. The van der Waals surface area contributed by atoms with Gasteiger partial charge in [-0.15, -0.1) is 6.58 Å². The average Bonchev–Trinajstić information content (AvgIpc) is 2.34. The summed E-state index contributed by atoms with van der Waals surface area (Å²) in [5.41, 5.74) is 2.09. The molecule has 0 aromatic carbocycles. The maximum atomic E-state index is 11.6. The van der Waals surface area contributed by atoms with Gasteiger partial charge in [-0.3, -0.25) is 9.78 Å². The predicted molar refractivity (Wildman–Crippen MR) is 68.5 cm³/mol. The van der Waals surface area contributed by atoms with Gasteiger partial charge in [-0.2, -0.15) is 0 Å². The van der Waals surface area contributed by atoms with E-state index in [4.69, 9.17) is 0 Å². The molecule has 0 aliphatic rings. The van der Waals surface area contributed by atoms with E-state index in [1.807, 2.05) is 26.0 Å². The molecule has 0 aliphatic carbocycles. The standard InChI is InChI=1S/C13H19N3O/c1-4-7-15-13(17)11(3)16-9-12-10(2)6-5-8-14-12/h4-6,8,11,16H,1,7,9H2,2-3H3,(H,15,17). The molecule has 0 bridgehead atoms. The molecule has 1 aromatic heterocycles. The molecule has 1 unspecified atom stereocenters. The summed E-state index contributed by atoms with van der Waals surface area (Å²) >= 11 is 0. The van der Waals surface area contributed by atoms with Gasteiger partial charge < -0.3 is 10.6 Å². The molecule has 4 heteroatoms. The van der Waals surface area contributed by atoms with Gasteiger partial charge in [0.2, 0.25) is 5.91 Å². The summed E-state index contributed by atoms with van der Waals surface area (Å²) in [6.07, 6.45) is 3.42. The van der Waals surface area contributed by atoms with Crippen LogP contribution in [0.2, 0.25) is 0 Å². The number of amides is 1. The summed E-state index contributed by atoms with van der Waals surface area (Å²) in [5, 5.41) is 5.88. The van der Waals surface area contributed by atoms with Gasteiger partial charge in [0.05, 0.1) is 11.7 Å². The van der Waals surface area contributed by atoms with Gasteiger partial charge in [0.15, 0.2) is 0 Å². The number of hydrogen-bond donors (Lipinski definition) is 2. The molecule has 0 saturated heterocycles. The zero-order valence-electron chi connectivity index (χ0n) is 10.4. The molecular formula is C13H19N3O. The van der Waals surface area contributed by atoms with Gasteiger partial charge in [0, 0.05) is 19.3 Å². The highest BCUT2D eigenvalue weighted by Gasteiger charge is 2.11. The lowest BCUT2D eigenvalue weighted by atomic mass is 10.2. The lowest BCUT2D eigenvalue weighted by molar-refractivity contribution is -0.122. The number of aromatic nitrogens is 1. The fourth-order valence-corrected chi connectivity index (χ4v) is 1.37. The smallest absolute Gasteiger partial charge is 0.237 e. The van der Waals surface area contributed by atoms with Gasteiger partial charge >= 0.3 is 0 Å². The Hall–Kier alpha value is -1.68. The van der Waals surface area contributed by atoms with Crippen LogP contribution in [-0.2, 0) is 11.3 Å². The first kappa shape index (κ1) is 13.4. The molecule has 0 aliphatic heterocycles. The molecule has 92 valence electrons. The Morgan fingerprint density at radius 3 is 3.06 bits per heavy atom. The first-order chi connectivity index (χ1) is 8.15. The van der Waals surface area contributed by atoms with Crippen molar-refractivity contribution in [2.45, 2.75) is 26.4 Å². The van der Waals surface area contributed by atoms with Crippen molar-refractivity contribution in [3.05, 3.63) is 42.2 Å². The number of hydrogen-bond acceptors (Lipinski definition) is 3. The summed E-state index contributed by atoms with van der Waals surface area (Å²) in [5.74, 6) is -0.0292. The van der Waals surface area contributed by atoms with Gasteiger partial charge in [-0.1, -0.05) is 12.1 Å². The number of rotatable bonds is 6. The second-order valence-electron chi connectivity index (χ2n) is 3.90. The van der Waals surface area contributed by atoms with Crippen LogP contribution in [0.15, 0.2) is 31.0 Å². The van der Waals surface area contributed by atoms with Crippen LogP contribution in [0.3, 0.4) is 0 Å². The van der Waals surface area contributed by atoms with Crippen LogP contribution in [-0.4, -0.2) is 23.5 Å².